The first-order chi connectivity index (χ1) is 18.0. The lowest BCUT2D eigenvalue weighted by Gasteiger charge is -2.35. The van der Waals surface area contributed by atoms with Crippen LogP contribution in [0.15, 0.2) is 52.9 Å². The average molecular weight is 531 g/mol. The SMILES string of the molecule is CC(C)(C)OC(=O)N1CCC(C(=O)N(Cc2ccc(-c3nnc(C(F)F)o3)cc2F)c2ccccc2)CC1. The monoisotopic (exact) mass is 530 g/mol. The van der Waals surface area contributed by atoms with Crippen LogP contribution in [0.5, 0.6) is 0 Å². The van der Waals surface area contributed by atoms with E-state index in [1.807, 2.05) is 6.07 Å². The molecule has 0 saturated carbocycles. The maximum Gasteiger partial charge on any atom is 0.410 e. The lowest BCUT2D eigenvalue weighted by atomic mass is 9.95. The molecule has 1 fully saturated rings. The van der Waals surface area contributed by atoms with Gasteiger partial charge in [-0.25, -0.2) is 9.18 Å². The molecule has 202 valence electrons. The molecule has 2 aromatic carbocycles. The van der Waals surface area contributed by atoms with Crippen LogP contribution < -0.4 is 4.90 Å². The molecule has 1 aliphatic rings. The fourth-order valence-electron chi connectivity index (χ4n) is 4.18. The first kappa shape index (κ1) is 27.2. The predicted octanol–water partition coefficient (Wildman–Crippen LogP) is 5.99. The van der Waals surface area contributed by atoms with Crippen molar-refractivity contribution < 1.29 is 31.9 Å². The molecule has 0 spiro atoms. The highest BCUT2D eigenvalue weighted by atomic mass is 19.3. The molecule has 1 aliphatic heterocycles. The van der Waals surface area contributed by atoms with Gasteiger partial charge in [-0.1, -0.05) is 24.3 Å². The molecule has 38 heavy (non-hydrogen) atoms. The molecule has 11 heteroatoms. The van der Waals surface area contributed by atoms with Gasteiger partial charge in [0.2, 0.25) is 11.8 Å². The van der Waals surface area contributed by atoms with Crippen LogP contribution in [0, 0.1) is 11.7 Å². The maximum absolute atomic E-state index is 15.1. The smallest absolute Gasteiger partial charge is 0.410 e. The van der Waals surface area contributed by atoms with Crippen LogP contribution >= 0.6 is 0 Å². The number of carbonyl (C=O) groups excluding carboxylic acids is 2. The largest absolute Gasteiger partial charge is 0.444 e. The molecule has 0 atom stereocenters. The third kappa shape index (κ3) is 6.51. The molecule has 3 aromatic rings. The van der Waals surface area contributed by atoms with Crippen LogP contribution in [0.25, 0.3) is 11.5 Å². The van der Waals surface area contributed by atoms with E-state index in [4.69, 9.17) is 9.15 Å². The Bertz CT molecular complexity index is 1270. The molecule has 0 bridgehead atoms. The van der Waals surface area contributed by atoms with Gasteiger partial charge in [0.1, 0.15) is 11.4 Å². The van der Waals surface area contributed by atoms with Crippen LogP contribution in [-0.2, 0) is 16.1 Å². The van der Waals surface area contributed by atoms with Gasteiger partial charge in [-0.3, -0.25) is 4.79 Å². The Hall–Kier alpha value is -3.89. The molecule has 0 radical (unpaired) electrons. The first-order valence-electron chi connectivity index (χ1n) is 12.3. The number of alkyl halides is 2. The second kappa shape index (κ2) is 11.2. The van der Waals surface area contributed by atoms with Crippen molar-refractivity contribution >= 4 is 17.7 Å². The van der Waals surface area contributed by atoms with E-state index < -0.39 is 29.8 Å². The van der Waals surface area contributed by atoms with Crippen LogP contribution in [0.1, 0.15) is 51.5 Å². The molecule has 1 aromatic heterocycles. The van der Waals surface area contributed by atoms with Gasteiger partial charge in [0.25, 0.3) is 5.89 Å². The number of likely N-dealkylation sites (tertiary alicyclic amines) is 1. The first-order valence-corrected chi connectivity index (χ1v) is 12.3. The van der Waals surface area contributed by atoms with Gasteiger partial charge >= 0.3 is 12.5 Å². The van der Waals surface area contributed by atoms with Crippen molar-refractivity contribution in [1.82, 2.24) is 15.1 Å². The number of carbonyl (C=O) groups is 2. The van der Waals surface area contributed by atoms with Gasteiger partial charge in [-0.15, -0.1) is 10.2 Å². The zero-order valence-electron chi connectivity index (χ0n) is 21.4. The van der Waals surface area contributed by atoms with Crippen molar-refractivity contribution in [3.8, 4) is 11.5 Å². The Balaban J connectivity index is 1.50. The molecule has 0 N–H and O–H groups in total. The number of hydrogen-bond acceptors (Lipinski definition) is 6. The van der Waals surface area contributed by atoms with Gasteiger partial charge in [0.15, 0.2) is 0 Å². The summed E-state index contributed by atoms with van der Waals surface area (Å²) in [5, 5.41) is 6.82. The van der Waals surface area contributed by atoms with Crippen molar-refractivity contribution in [2.75, 3.05) is 18.0 Å². The summed E-state index contributed by atoms with van der Waals surface area (Å²) >= 11 is 0. The number of anilines is 1. The van der Waals surface area contributed by atoms with Gasteiger partial charge in [-0.05, 0) is 57.9 Å². The number of nitrogens with zero attached hydrogens (tertiary/aromatic N) is 4. The molecule has 8 nitrogen and oxygen atoms in total. The number of hydrogen-bond donors (Lipinski definition) is 0. The van der Waals surface area contributed by atoms with Gasteiger partial charge in [-0.2, -0.15) is 8.78 Å². The third-order valence-electron chi connectivity index (χ3n) is 6.09. The van der Waals surface area contributed by atoms with Crippen LogP contribution in [0.3, 0.4) is 0 Å². The highest BCUT2D eigenvalue weighted by Crippen LogP contribution is 2.29. The number of aromatic nitrogens is 2. The summed E-state index contributed by atoms with van der Waals surface area (Å²) in [6.45, 7) is 6.10. The second-order valence-corrected chi connectivity index (χ2v) is 10.1. The van der Waals surface area contributed by atoms with E-state index in [0.717, 1.165) is 6.07 Å². The molecule has 4 rings (SSSR count). The summed E-state index contributed by atoms with van der Waals surface area (Å²) in [5.74, 6) is -2.25. The third-order valence-corrected chi connectivity index (χ3v) is 6.09. The minimum absolute atomic E-state index is 0.0483. The molecular weight excluding hydrogens is 501 g/mol. The van der Waals surface area contributed by atoms with E-state index in [-0.39, 0.29) is 35.4 Å². The van der Waals surface area contributed by atoms with Crippen molar-refractivity contribution in [3.63, 3.8) is 0 Å². The quantitative estimate of drug-likeness (QED) is 0.389. The minimum Gasteiger partial charge on any atom is -0.444 e. The van der Waals surface area contributed by atoms with E-state index in [1.165, 1.54) is 17.0 Å². The summed E-state index contributed by atoms with van der Waals surface area (Å²) in [6.07, 6.45) is -2.44. The van der Waals surface area contributed by atoms with E-state index in [9.17, 15) is 18.4 Å². The van der Waals surface area contributed by atoms with E-state index >= 15 is 4.39 Å². The Kier molecular flexibility index (Phi) is 8.03. The van der Waals surface area contributed by atoms with Crippen molar-refractivity contribution in [1.29, 1.82) is 0 Å². The summed E-state index contributed by atoms with van der Waals surface area (Å²) in [7, 11) is 0. The summed E-state index contributed by atoms with van der Waals surface area (Å²) in [6, 6.07) is 13.0. The summed E-state index contributed by atoms with van der Waals surface area (Å²) in [4.78, 5) is 29.2. The van der Waals surface area contributed by atoms with Gasteiger partial charge in [0, 0.05) is 35.8 Å². The lowest BCUT2D eigenvalue weighted by Crippen LogP contribution is -2.45. The zero-order valence-corrected chi connectivity index (χ0v) is 21.4. The average Bonchev–Trinajstić information content (AvgIpc) is 3.38. The normalized spacial score (nSPS) is 14.6. The summed E-state index contributed by atoms with van der Waals surface area (Å²) < 4.78 is 51.0. The highest BCUT2D eigenvalue weighted by molar-refractivity contribution is 5.95. The van der Waals surface area contributed by atoms with Crippen molar-refractivity contribution in [3.05, 3.63) is 65.8 Å². The second-order valence-electron chi connectivity index (χ2n) is 10.1. The van der Waals surface area contributed by atoms with Gasteiger partial charge in [0.05, 0.1) is 6.54 Å². The van der Waals surface area contributed by atoms with Crippen LogP contribution in [0.2, 0.25) is 0 Å². The Labute approximate surface area is 218 Å². The Morgan fingerprint density at radius 1 is 1.11 bits per heavy atom. The lowest BCUT2D eigenvalue weighted by molar-refractivity contribution is -0.124. The molecular formula is C27H29F3N4O4. The van der Waals surface area contributed by atoms with Crippen LogP contribution in [-0.4, -0.2) is 45.8 Å². The highest BCUT2D eigenvalue weighted by Gasteiger charge is 2.33. The Morgan fingerprint density at radius 2 is 1.79 bits per heavy atom. The predicted molar refractivity (Wildman–Crippen MR) is 133 cm³/mol. The number of halogens is 3. The number of rotatable bonds is 6. The van der Waals surface area contributed by atoms with E-state index in [0.29, 0.717) is 31.6 Å². The van der Waals surface area contributed by atoms with Gasteiger partial charge < -0.3 is 19.0 Å². The fourth-order valence-corrected chi connectivity index (χ4v) is 4.18. The standard InChI is InChI=1S/C27H29F3N4O4/c1-27(2,3)38-26(36)33-13-11-17(12-14-33)25(35)34(20-7-5-4-6-8-20)16-19-10-9-18(15-21(19)28)23-31-32-24(37-23)22(29)30/h4-10,15,17,22H,11-14,16H2,1-3H3. The van der Waals surface area contributed by atoms with E-state index in [2.05, 4.69) is 10.2 Å². The van der Waals surface area contributed by atoms with Crippen LogP contribution in [0.4, 0.5) is 23.7 Å². The molecule has 0 unspecified atom stereocenters. The molecule has 1 saturated heterocycles. The minimum atomic E-state index is -2.93. The zero-order chi connectivity index (χ0) is 27.4. The topological polar surface area (TPSA) is 88.8 Å². The number of benzene rings is 2. The molecule has 0 aliphatic carbocycles. The maximum atomic E-state index is 15.1. The summed E-state index contributed by atoms with van der Waals surface area (Å²) in [5.41, 5.74) is 0.375. The number of ether oxygens (including phenoxy) is 1. The Morgan fingerprint density at radius 3 is 2.37 bits per heavy atom. The number of amides is 2. The molecule has 2 amide bonds. The number of para-hydroxylation sites is 1. The van der Waals surface area contributed by atoms with Crippen molar-refractivity contribution in [2.24, 2.45) is 5.92 Å². The van der Waals surface area contributed by atoms with Crippen molar-refractivity contribution in [2.45, 2.75) is 52.2 Å². The van der Waals surface area contributed by atoms with E-state index in [1.54, 1.807) is 49.9 Å². The fraction of sp³-hybridized carbons (Fsp3) is 0.407. The number of piperidine rings is 1. The molecule has 2 heterocycles.